The lowest BCUT2D eigenvalue weighted by molar-refractivity contribution is 1.61. The van der Waals surface area contributed by atoms with Gasteiger partial charge in [-0.25, -0.2) is 0 Å². The maximum Gasteiger partial charge on any atom is -0.00262 e. The van der Waals surface area contributed by atoms with Gasteiger partial charge in [-0.05, 0) is 106 Å². The van der Waals surface area contributed by atoms with Crippen molar-refractivity contribution in [2.75, 3.05) is 0 Å². The van der Waals surface area contributed by atoms with E-state index in [0.29, 0.717) is 0 Å². The molecule has 0 aliphatic rings. The Labute approximate surface area is 268 Å². The van der Waals surface area contributed by atoms with Crippen molar-refractivity contribution < 1.29 is 0 Å². The molecular formula is C46H30. The largest absolute Gasteiger partial charge is 0.0622 e. The summed E-state index contributed by atoms with van der Waals surface area (Å²) in [6.07, 6.45) is 0. The molecule has 0 aliphatic carbocycles. The molecule has 0 aromatic heterocycles. The van der Waals surface area contributed by atoms with Crippen LogP contribution in [-0.4, -0.2) is 0 Å². The molecule has 0 fully saturated rings. The van der Waals surface area contributed by atoms with E-state index in [1.54, 1.807) is 0 Å². The smallest absolute Gasteiger partial charge is 0.00262 e. The second kappa shape index (κ2) is 10.9. The first-order valence-electron chi connectivity index (χ1n) is 15.9. The van der Waals surface area contributed by atoms with Crippen LogP contribution >= 0.6 is 0 Å². The SMILES string of the molecule is c1ccc(-c2cccc(-c3c4ccccc4c(-c4cccc(-c5c6ccccc6cc6ccccc56)c4)c4ccccc34)c2)cc1. The third kappa shape index (κ3) is 4.30. The third-order valence-electron chi connectivity index (χ3n) is 9.40. The van der Waals surface area contributed by atoms with E-state index in [-0.39, 0.29) is 0 Å². The minimum Gasteiger partial charge on any atom is -0.0622 e. The zero-order valence-electron chi connectivity index (χ0n) is 25.3. The zero-order chi connectivity index (χ0) is 30.5. The second-order valence-electron chi connectivity index (χ2n) is 12.1. The standard InChI is InChI=1S/C46H30/c1-2-14-31(15-3-1)32-18-12-19-35(28-32)45-40-24-8-10-26-42(40)46(43-27-11-9-25-41(43)45)37-21-13-20-36(30-37)44-38-22-6-4-16-33(38)29-34-17-5-7-23-39(34)44/h1-30H. The summed E-state index contributed by atoms with van der Waals surface area (Å²) in [6.45, 7) is 0. The van der Waals surface area contributed by atoms with Crippen molar-refractivity contribution in [3.8, 4) is 44.5 Å². The maximum absolute atomic E-state index is 2.40. The molecule has 0 N–H and O–H groups in total. The Morgan fingerprint density at radius 2 is 0.522 bits per heavy atom. The van der Waals surface area contributed by atoms with E-state index in [2.05, 4.69) is 182 Å². The van der Waals surface area contributed by atoms with Gasteiger partial charge in [0.25, 0.3) is 0 Å². The van der Waals surface area contributed by atoms with E-state index in [4.69, 9.17) is 0 Å². The highest BCUT2D eigenvalue weighted by molar-refractivity contribution is 6.22. The molecule has 9 aromatic rings. The van der Waals surface area contributed by atoms with Crippen LogP contribution in [0, 0.1) is 0 Å². The summed E-state index contributed by atoms with van der Waals surface area (Å²) in [6, 6.07) is 66.5. The van der Waals surface area contributed by atoms with Gasteiger partial charge in [-0.3, -0.25) is 0 Å². The fraction of sp³-hybridized carbons (Fsp3) is 0. The Balaban J connectivity index is 1.32. The van der Waals surface area contributed by atoms with Crippen LogP contribution in [0.15, 0.2) is 182 Å². The first-order chi connectivity index (χ1) is 22.8. The molecule has 0 saturated carbocycles. The highest BCUT2D eigenvalue weighted by Gasteiger charge is 2.18. The lowest BCUT2D eigenvalue weighted by Crippen LogP contribution is -1.92. The van der Waals surface area contributed by atoms with Gasteiger partial charge in [0, 0.05) is 0 Å². The molecule has 0 radical (unpaired) electrons. The topological polar surface area (TPSA) is 0 Å². The van der Waals surface area contributed by atoms with E-state index in [0.717, 1.165) is 0 Å². The fourth-order valence-electron chi connectivity index (χ4n) is 7.39. The molecule has 0 unspecified atom stereocenters. The van der Waals surface area contributed by atoms with Crippen LogP contribution in [-0.2, 0) is 0 Å². The predicted molar refractivity (Wildman–Crippen MR) is 198 cm³/mol. The summed E-state index contributed by atoms with van der Waals surface area (Å²) in [5, 5.41) is 10.1. The number of benzene rings is 9. The summed E-state index contributed by atoms with van der Waals surface area (Å²) in [4.78, 5) is 0. The molecule has 0 spiro atoms. The normalized spacial score (nSPS) is 11.5. The van der Waals surface area contributed by atoms with Gasteiger partial charge >= 0.3 is 0 Å². The van der Waals surface area contributed by atoms with Crippen molar-refractivity contribution >= 4 is 43.1 Å². The average molecular weight is 583 g/mol. The van der Waals surface area contributed by atoms with Crippen molar-refractivity contribution in [3.63, 3.8) is 0 Å². The molecule has 9 rings (SSSR count). The minimum absolute atomic E-state index is 1.23. The fourth-order valence-corrected chi connectivity index (χ4v) is 7.39. The molecule has 0 bridgehead atoms. The van der Waals surface area contributed by atoms with Crippen molar-refractivity contribution in [3.05, 3.63) is 182 Å². The highest BCUT2D eigenvalue weighted by atomic mass is 14.2. The van der Waals surface area contributed by atoms with E-state index in [9.17, 15) is 0 Å². The summed E-state index contributed by atoms with van der Waals surface area (Å²) in [7, 11) is 0. The van der Waals surface area contributed by atoms with Crippen molar-refractivity contribution in [1.82, 2.24) is 0 Å². The number of hydrogen-bond donors (Lipinski definition) is 0. The summed E-state index contributed by atoms with van der Waals surface area (Å²) >= 11 is 0. The Hall–Kier alpha value is -5.98. The van der Waals surface area contributed by atoms with E-state index in [1.165, 1.54) is 87.6 Å². The van der Waals surface area contributed by atoms with Crippen LogP contribution in [0.3, 0.4) is 0 Å². The summed E-state index contributed by atoms with van der Waals surface area (Å²) in [5.41, 5.74) is 10.0. The molecule has 0 amide bonds. The van der Waals surface area contributed by atoms with Crippen LogP contribution in [0.25, 0.3) is 87.6 Å². The van der Waals surface area contributed by atoms with Gasteiger partial charge in [0.1, 0.15) is 0 Å². The molecule has 0 saturated heterocycles. The lowest BCUT2D eigenvalue weighted by atomic mass is 9.84. The van der Waals surface area contributed by atoms with E-state index in [1.807, 2.05) is 0 Å². The Morgan fingerprint density at radius 1 is 0.196 bits per heavy atom. The number of hydrogen-bond acceptors (Lipinski definition) is 0. The quantitative estimate of drug-likeness (QED) is 0.181. The van der Waals surface area contributed by atoms with Crippen LogP contribution in [0.2, 0.25) is 0 Å². The van der Waals surface area contributed by atoms with E-state index < -0.39 is 0 Å². The molecular weight excluding hydrogens is 553 g/mol. The van der Waals surface area contributed by atoms with E-state index >= 15 is 0 Å². The molecule has 0 heterocycles. The Kier molecular flexibility index (Phi) is 6.25. The minimum atomic E-state index is 1.23. The van der Waals surface area contributed by atoms with Gasteiger partial charge in [-0.2, -0.15) is 0 Å². The zero-order valence-corrected chi connectivity index (χ0v) is 25.3. The van der Waals surface area contributed by atoms with Crippen LogP contribution in [0.5, 0.6) is 0 Å². The Morgan fingerprint density at radius 3 is 1.00 bits per heavy atom. The molecule has 0 heteroatoms. The molecule has 46 heavy (non-hydrogen) atoms. The first-order valence-corrected chi connectivity index (χ1v) is 15.9. The summed E-state index contributed by atoms with van der Waals surface area (Å²) in [5.74, 6) is 0. The first kappa shape index (κ1) is 26.4. The molecule has 214 valence electrons. The number of fused-ring (bicyclic) bond motifs is 4. The Bertz CT molecular complexity index is 2460. The van der Waals surface area contributed by atoms with Gasteiger partial charge in [0.05, 0.1) is 0 Å². The molecule has 0 nitrogen and oxygen atoms in total. The van der Waals surface area contributed by atoms with Crippen molar-refractivity contribution in [1.29, 1.82) is 0 Å². The number of rotatable bonds is 4. The maximum atomic E-state index is 2.40. The van der Waals surface area contributed by atoms with Gasteiger partial charge in [0.2, 0.25) is 0 Å². The van der Waals surface area contributed by atoms with Gasteiger partial charge in [0.15, 0.2) is 0 Å². The van der Waals surface area contributed by atoms with Gasteiger partial charge in [-0.1, -0.05) is 164 Å². The van der Waals surface area contributed by atoms with Crippen molar-refractivity contribution in [2.45, 2.75) is 0 Å². The molecule has 0 aliphatic heterocycles. The van der Waals surface area contributed by atoms with Gasteiger partial charge < -0.3 is 0 Å². The van der Waals surface area contributed by atoms with Crippen LogP contribution < -0.4 is 0 Å². The third-order valence-corrected chi connectivity index (χ3v) is 9.40. The van der Waals surface area contributed by atoms with Gasteiger partial charge in [-0.15, -0.1) is 0 Å². The molecule has 0 atom stereocenters. The monoisotopic (exact) mass is 582 g/mol. The van der Waals surface area contributed by atoms with Crippen LogP contribution in [0.1, 0.15) is 0 Å². The second-order valence-corrected chi connectivity index (χ2v) is 12.1. The highest BCUT2D eigenvalue weighted by Crippen LogP contribution is 2.45. The van der Waals surface area contributed by atoms with Crippen molar-refractivity contribution in [2.24, 2.45) is 0 Å². The molecule has 9 aromatic carbocycles. The lowest BCUT2D eigenvalue weighted by Gasteiger charge is -2.19. The average Bonchev–Trinajstić information content (AvgIpc) is 3.13. The predicted octanol–water partition coefficient (Wildman–Crippen LogP) is 13.0. The van der Waals surface area contributed by atoms with Crippen LogP contribution in [0.4, 0.5) is 0 Å². The summed E-state index contributed by atoms with van der Waals surface area (Å²) < 4.78 is 0.